The van der Waals surface area contributed by atoms with Gasteiger partial charge in [0, 0.05) is 13.0 Å². The van der Waals surface area contributed by atoms with E-state index in [4.69, 9.17) is 15.9 Å². The van der Waals surface area contributed by atoms with Gasteiger partial charge in [-0.25, -0.2) is 4.79 Å². The Balaban J connectivity index is 2.19. The molecule has 16 heavy (non-hydrogen) atoms. The number of hydrogen-bond acceptors (Lipinski definition) is 3. The number of benzene rings is 1. The third-order valence-electron chi connectivity index (χ3n) is 1.85. The SMILES string of the molecule is N=C(N)CCCNC(=O)Oc1ccccc1. The Bertz CT molecular complexity index is 352. The van der Waals surface area contributed by atoms with E-state index in [1.54, 1.807) is 24.3 Å². The van der Waals surface area contributed by atoms with E-state index in [2.05, 4.69) is 5.32 Å². The molecule has 1 rings (SSSR count). The van der Waals surface area contributed by atoms with Crippen molar-refractivity contribution in [3.63, 3.8) is 0 Å². The Morgan fingerprint density at radius 2 is 2.06 bits per heavy atom. The first-order valence-corrected chi connectivity index (χ1v) is 5.02. The second-order valence-electron chi connectivity index (χ2n) is 3.26. The molecular formula is C11H15N3O2. The first kappa shape index (κ1) is 12.0. The van der Waals surface area contributed by atoms with Gasteiger partial charge in [-0.15, -0.1) is 0 Å². The smallest absolute Gasteiger partial charge is 0.410 e. The van der Waals surface area contributed by atoms with Crippen LogP contribution in [0.15, 0.2) is 30.3 Å². The van der Waals surface area contributed by atoms with E-state index in [1.165, 1.54) is 0 Å². The maximum Gasteiger partial charge on any atom is 0.412 e. The van der Waals surface area contributed by atoms with Crippen molar-refractivity contribution in [1.29, 1.82) is 5.41 Å². The number of hydrogen-bond donors (Lipinski definition) is 3. The van der Waals surface area contributed by atoms with Crippen LogP contribution >= 0.6 is 0 Å². The molecular weight excluding hydrogens is 206 g/mol. The van der Waals surface area contributed by atoms with Crippen LogP contribution in [0.25, 0.3) is 0 Å². The molecule has 4 N–H and O–H groups in total. The van der Waals surface area contributed by atoms with Crippen LogP contribution in [0.2, 0.25) is 0 Å². The second kappa shape index (κ2) is 6.44. The first-order valence-electron chi connectivity index (χ1n) is 5.02. The molecule has 1 aromatic rings. The first-order chi connectivity index (χ1) is 7.68. The number of carbonyl (C=O) groups is 1. The van der Waals surface area contributed by atoms with E-state index in [9.17, 15) is 4.79 Å². The topological polar surface area (TPSA) is 88.2 Å². The Hall–Kier alpha value is -2.04. The Kier molecular flexibility index (Phi) is 4.85. The number of carbonyl (C=O) groups excluding carboxylic acids is 1. The number of amidine groups is 1. The van der Waals surface area contributed by atoms with Crippen molar-refractivity contribution in [2.45, 2.75) is 12.8 Å². The van der Waals surface area contributed by atoms with Crippen LogP contribution in [0.1, 0.15) is 12.8 Å². The van der Waals surface area contributed by atoms with Crippen molar-refractivity contribution in [2.75, 3.05) is 6.54 Å². The fourth-order valence-electron chi connectivity index (χ4n) is 1.10. The molecule has 0 aliphatic rings. The van der Waals surface area contributed by atoms with E-state index >= 15 is 0 Å². The van der Waals surface area contributed by atoms with Gasteiger partial charge < -0.3 is 15.8 Å². The predicted octanol–water partition coefficient (Wildman–Crippen LogP) is 1.49. The van der Waals surface area contributed by atoms with Gasteiger partial charge in [0.25, 0.3) is 0 Å². The monoisotopic (exact) mass is 221 g/mol. The summed E-state index contributed by atoms with van der Waals surface area (Å²) >= 11 is 0. The largest absolute Gasteiger partial charge is 0.412 e. The van der Waals surface area contributed by atoms with Gasteiger partial charge in [-0.2, -0.15) is 0 Å². The molecule has 1 aromatic carbocycles. The minimum Gasteiger partial charge on any atom is -0.410 e. The zero-order valence-corrected chi connectivity index (χ0v) is 8.90. The molecule has 0 unspecified atom stereocenters. The van der Waals surface area contributed by atoms with Crippen molar-refractivity contribution >= 4 is 11.9 Å². The molecule has 0 aliphatic heterocycles. The molecule has 0 radical (unpaired) electrons. The number of rotatable bonds is 5. The summed E-state index contributed by atoms with van der Waals surface area (Å²) in [7, 11) is 0. The molecule has 1 amide bonds. The molecule has 5 heteroatoms. The molecule has 86 valence electrons. The average molecular weight is 221 g/mol. The number of para-hydroxylation sites is 1. The number of ether oxygens (including phenoxy) is 1. The van der Waals surface area contributed by atoms with Crippen LogP contribution in [0.4, 0.5) is 4.79 Å². The number of nitrogens with two attached hydrogens (primary N) is 1. The van der Waals surface area contributed by atoms with E-state index < -0.39 is 6.09 Å². The third kappa shape index (κ3) is 4.99. The normalized spacial score (nSPS) is 9.50. The zero-order chi connectivity index (χ0) is 11.8. The van der Waals surface area contributed by atoms with Crippen molar-refractivity contribution < 1.29 is 9.53 Å². The lowest BCUT2D eigenvalue weighted by atomic mass is 10.3. The molecule has 0 fully saturated rings. The van der Waals surface area contributed by atoms with Gasteiger partial charge in [0.2, 0.25) is 0 Å². The lowest BCUT2D eigenvalue weighted by molar-refractivity contribution is 0.200. The van der Waals surface area contributed by atoms with Crippen LogP contribution in [0, 0.1) is 5.41 Å². The molecule has 0 bridgehead atoms. The van der Waals surface area contributed by atoms with Gasteiger partial charge >= 0.3 is 6.09 Å². The molecule has 5 nitrogen and oxygen atoms in total. The van der Waals surface area contributed by atoms with Gasteiger partial charge in [-0.05, 0) is 18.6 Å². The van der Waals surface area contributed by atoms with Crippen LogP contribution < -0.4 is 15.8 Å². The predicted molar refractivity (Wildman–Crippen MR) is 61.6 cm³/mol. The molecule has 0 aromatic heterocycles. The second-order valence-corrected chi connectivity index (χ2v) is 3.26. The fraction of sp³-hybridized carbons (Fsp3) is 0.273. The van der Waals surface area contributed by atoms with Gasteiger partial charge in [0.05, 0.1) is 5.84 Å². The molecule has 0 saturated carbocycles. The molecule has 0 spiro atoms. The molecule has 0 atom stereocenters. The van der Waals surface area contributed by atoms with Crippen LogP contribution in [-0.4, -0.2) is 18.5 Å². The van der Waals surface area contributed by atoms with E-state index in [1.807, 2.05) is 6.07 Å². The minimum absolute atomic E-state index is 0.123. The number of nitrogens with one attached hydrogen (secondary N) is 2. The summed E-state index contributed by atoms with van der Waals surface area (Å²) in [5.41, 5.74) is 5.17. The Morgan fingerprint density at radius 1 is 1.38 bits per heavy atom. The highest BCUT2D eigenvalue weighted by Gasteiger charge is 2.02. The maximum atomic E-state index is 11.2. The highest BCUT2D eigenvalue weighted by atomic mass is 16.5. The minimum atomic E-state index is -0.491. The van der Waals surface area contributed by atoms with E-state index in [0.717, 1.165) is 0 Å². The highest BCUT2D eigenvalue weighted by molar-refractivity contribution is 5.76. The molecule has 0 aliphatic carbocycles. The van der Waals surface area contributed by atoms with E-state index in [-0.39, 0.29) is 5.84 Å². The lowest BCUT2D eigenvalue weighted by Gasteiger charge is -2.05. The van der Waals surface area contributed by atoms with Crippen LogP contribution in [0.3, 0.4) is 0 Å². The van der Waals surface area contributed by atoms with Crippen LogP contribution in [-0.2, 0) is 0 Å². The van der Waals surface area contributed by atoms with Crippen molar-refractivity contribution in [3.8, 4) is 5.75 Å². The van der Waals surface area contributed by atoms with Crippen molar-refractivity contribution in [3.05, 3.63) is 30.3 Å². The van der Waals surface area contributed by atoms with Gasteiger partial charge in [0.15, 0.2) is 0 Å². The molecule has 0 heterocycles. The molecule has 0 saturated heterocycles. The summed E-state index contributed by atoms with van der Waals surface area (Å²) in [6, 6.07) is 8.83. The summed E-state index contributed by atoms with van der Waals surface area (Å²) in [6.07, 6.45) is 0.625. The number of amides is 1. The summed E-state index contributed by atoms with van der Waals surface area (Å²) < 4.78 is 4.99. The van der Waals surface area contributed by atoms with Crippen LogP contribution in [0.5, 0.6) is 5.75 Å². The van der Waals surface area contributed by atoms with Crippen molar-refractivity contribution in [2.24, 2.45) is 5.73 Å². The van der Waals surface area contributed by atoms with Crippen molar-refractivity contribution in [1.82, 2.24) is 5.32 Å². The van der Waals surface area contributed by atoms with Gasteiger partial charge in [-0.3, -0.25) is 5.41 Å². The van der Waals surface area contributed by atoms with Gasteiger partial charge in [-0.1, -0.05) is 18.2 Å². The zero-order valence-electron chi connectivity index (χ0n) is 8.90. The summed E-state index contributed by atoms with van der Waals surface area (Å²) in [4.78, 5) is 11.2. The summed E-state index contributed by atoms with van der Waals surface area (Å²) in [5.74, 6) is 0.629. The Labute approximate surface area is 94.1 Å². The lowest BCUT2D eigenvalue weighted by Crippen LogP contribution is -2.28. The quantitative estimate of drug-likeness (QED) is 0.400. The average Bonchev–Trinajstić information content (AvgIpc) is 2.25. The van der Waals surface area contributed by atoms with Gasteiger partial charge in [0.1, 0.15) is 5.75 Å². The third-order valence-corrected chi connectivity index (χ3v) is 1.85. The van der Waals surface area contributed by atoms with E-state index in [0.29, 0.717) is 25.1 Å². The Morgan fingerprint density at radius 3 is 2.69 bits per heavy atom. The summed E-state index contributed by atoms with van der Waals surface area (Å²) in [5, 5.41) is 9.57. The summed E-state index contributed by atoms with van der Waals surface area (Å²) in [6.45, 7) is 0.450. The highest BCUT2D eigenvalue weighted by Crippen LogP contribution is 2.07. The standard InChI is InChI=1S/C11H15N3O2/c12-10(13)7-4-8-14-11(15)16-9-5-2-1-3-6-9/h1-3,5-6H,4,7-8H2,(H3,12,13)(H,14,15). The maximum absolute atomic E-state index is 11.2. The fourth-order valence-corrected chi connectivity index (χ4v) is 1.10.